The number of carbonyl (C=O) groups excluding carboxylic acids is 2. The number of aromatic nitrogens is 1. The highest BCUT2D eigenvalue weighted by Crippen LogP contribution is 2.27. The number of amides is 2. The summed E-state index contributed by atoms with van der Waals surface area (Å²) in [6, 6.07) is 4.55. The molecule has 0 unspecified atom stereocenters. The number of carbonyl (C=O) groups is 2. The largest absolute Gasteiger partial charge is 0.366 e. The molecule has 1 aliphatic rings. The maximum atomic E-state index is 14.0. The van der Waals surface area contributed by atoms with E-state index < -0.39 is 17.5 Å². The first-order chi connectivity index (χ1) is 12.0. The molecule has 0 aliphatic heterocycles. The van der Waals surface area contributed by atoms with E-state index in [0.717, 1.165) is 43.9 Å². The second-order valence-corrected chi connectivity index (χ2v) is 6.27. The highest BCUT2D eigenvalue weighted by molar-refractivity contribution is 5.98. The van der Waals surface area contributed by atoms with Gasteiger partial charge in [0.05, 0.1) is 5.56 Å². The van der Waals surface area contributed by atoms with Crippen molar-refractivity contribution in [2.75, 3.05) is 0 Å². The van der Waals surface area contributed by atoms with Crippen LogP contribution >= 0.6 is 0 Å². The number of hydrogen-bond acceptors (Lipinski definition) is 2. The molecule has 1 fully saturated rings. The quantitative estimate of drug-likeness (QED) is 0.872. The number of benzene rings is 1. The zero-order valence-corrected chi connectivity index (χ0v) is 13.6. The third kappa shape index (κ3) is 3.70. The van der Waals surface area contributed by atoms with E-state index in [0.29, 0.717) is 0 Å². The Morgan fingerprint density at radius 1 is 1.20 bits per heavy atom. The van der Waals surface area contributed by atoms with Gasteiger partial charge in [-0.15, -0.1) is 0 Å². The summed E-state index contributed by atoms with van der Waals surface area (Å²) in [6.45, 7) is -0.0297. The summed E-state index contributed by atoms with van der Waals surface area (Å²) < 4.78 is 27.5. The molecule has 7 heteroatoms. The van der Waals surface area contributed by atoms with Crippen LogP contribution in [0.5, 0.6) is 0 Å². The standard InChI is InChI=1S/C18H19F2N3O2/c19-13-5-6-15(20)12(7-13)10-23(14-3-1-2-4-14)18(25)16-8-11(9-22-16)17(21)24/h5-9,14,22H,1-4,10H2,(H2,21,24). The smallest absolute Gasteiger partial charge is 0.270 e. The third-order valence-electron chi connectivity index (χ3n) is 4.57. The van der Waals surface area contributed by atoms with Crippen LogP contribution in [0.4, 0.5) is 8.78 Å². The Morgan fingerprint density at radius 2 is 1.92 bits per heavy atom. The summed E-state index contributed by atoms with van der Waals surface area (Å²) >= 11 is 0. The van der Waals surface area contributed by atoms with Crippen molar-refractivity contribution in [2.24, 2.45) is 5.73 Å². The Labute approximate surface area is 143 Å². The summed E-state index contributed by atoms with van der Waals surface area (Å²) in [5.41, 5.74) is 5.74. The van der Waals surface area contributed by atoms with Gasteiger partial charge >= 0.3 is 0 Å². The van der Waals surface area contributed by atoms with Crippen molar-refractivity contribution < 1.29 is 18.4 Å². The van der Waals surface area contributed by atoms with Crippen LogP contribution in [0.3, 0.4) is 0 Å². The first kappa shape index (κ1) is 17.1. The van der Waals surface area contributed by atoms with Gasteiger partial charge in [-0.25, -0.2) is 8.78 Å². The SMILES string of the molecule is NC(=O)c1c[nH]c(C(=O)N(Cc2cc(F)ccc2F)C2CCCC2)c1. The molecular weight excluding hydrogens is 328 g/mol. The minimum atomic E-state index is -0.640. The molecule has 3 rings (SSSR count). The van der Waals surface area contributed by atoms with Gasteiger partial charge in [0, 0.05) is 24.3 Å². The fourth-order valence-electron chi connectivity index (χ4n) is 3.25. The average Bonchev–Trinajstić information content (AvgIpc) is 3.26. The van der Waals surface area contributed by atoms with Gasteiger partial charge in [0.1, 0.15) is 17.3 Å². The minimum Gasteiger partial charge on any atom is -0.366 e. The van der Waals surface area contributed by atoms with E-state index in [1.807, 2.05) is 0 Å². The number of hydrogen-bond donors (Lipinski definition) is 2. The Bertz CT molecular complexity index is 797. The van der Waals surface area contributed by atoms with E-state index in [1.165, 1.54) is 12.3 Å². The van der Waals surface area contributed by atoms with Gasteiger partial charge < -0.3 is 15.6 Å². The highest BCUT2D eigenvalue weighted by atomic mass is 19.1. The zero-order valence-electron chi connectivity index (χ0n) is 13.6. The predicted octanol–water partition coefficient (Wildman–Crippen LogP) is 2.98. The molecule has 0 bridgehead atoms. The second-order valence-electron chi connectivity index (χ2n) is 6.27. The predicted molar refractivity (Wildman–Crippen MR) is 87.8 cm³/mol. The van der Waals surface area contributed by atoms with Crippen LogP contribution in [-0.2, 0) is 6.54 Å². The number of primary amides is 1. The van der Waals surface area contributed by atoms with Crippen LogP contribution in [0, 0.1) is 11.6 Å². The molecule has 1 aromatic carbocycles. The van der Waals surface area contributed by atoms with Crippen LogP contribution in [-0.4, -0.2) is 27.7 Å². The average molecular weight is 347 g/mol. The molecule has 1 aliphatic carbocycles. The molecule has 132 valence electrons. The number of halogens is 2. The van der Waals surface area contributed by atoms with Crippen molar-refractivity contribution >= 4 is 11.8 Å². The van der Waals surface area contributed by atoms with Crippen LogP contribution in [0.15, 0.2) is 30.5 Å². The van der Waals surface area contributed by atoms with Crippen LogP contribution in [0.2, 0.25) is 0 Å². The molecule has 0 atom stereocenters. The lowest BCUT2D eigenvalue weighted by atomic mass is 10.1. The van der Waals surface area contributed by atoms with Crippen molar-refractivity contribution in [3.8, 4) is 0 Å². The molecule has 5 nitrogen and oxygen atoms in total. The summed E-state index contributed by atoms with van der Waals surface area (Å²) in [5.74, 6) is -2.10. The number of aromatic amines is 1. The maximum Gasteiger partial charge on any atom is 0.270 e. The number of nitrogens with two attached hydrogens (primary N) is 1. The lowest BCUT2D eigenvalue weighted by Crippen LogP contribution is -2.38. The molecule has 25 heavy (non-hydrogen) atoms. The highest BCUT2D eigenvalue weighted by Gasteiger charge is 2.29. The van der Waals surface area contributed by atoms with E-state index in [1.54, 1.807) is 4.90 Å². The number of nitrogens with one attached hydrogen (secondary N) is 1. The lowest BCUT2D eigenvalue weighted by molar-refractivity contribution is 0.0656. The second kappa shape index (κ2) is 7.04. The summed E-state index contributed by atoms with van der Waals surface area (Å²) in [5, 5.41) is 0. The van der Waals surface area contributed by atoms with Crippen LogP contribution in [0.25, 0.3) is 0 Å². The molecule has 3 N–H and O–H groups in total. The van der Waals surface area contributed by atoms with Crippen LogP contribution in [0.1, 0.15) is 52.1 Å². The molecule has 1 aromatic heterocycles. The van der Waals surface area contributed by atoms with Gasteiger partial charge in [-0.2, -0.15) is 0 Å². The maximum absolute atomic E-state index is 14.0. The third-order valence-corrected chi connectivity index (χ3v) is 4.57. The Balaban J connectivity index is 1.89. The fraction of sp³-hybridized carbons (Fsp3) is 0.333. The van der Waals surface area contributed by atoms with Gasteiger partial charge in [-0.3, -0.25) is 9.59 Å². The first-order valence-corrected chi connectivity index (χ1v) is 8.19. The Morgan fingerprint density at radius 3 is 2.56 bits per heavy atom. The Hall–Kier alpha value is -2.70. The Kier molecular flexibility index (Phi) is 4.83. The topological polar surface area (TPSA) is 79.2 Å². The molecule has 2 aromatic rings. The van der Waals surface area contributed by atoms with E-state index in [9.17, 15) is 18.4 Å². The number of H-pyrrole nitrogens is 1. The van der Waals surface area contributed by atoms with E-state index in [2.05, 4.69) is 4.98 Å². The number of rotatable bonds is 5. The van der Waals surface area contributed by atoms with E-state index in [-0.39, 0.29) is 35.3 Å². The van der Waals surface area contributed by atoms with Crippen molar-refractivity contribution in [3.05, 3.63) is 58.9 Å². The lowest BCUT2D eigenvalue weighted by Gasteiger charge is -2.29. The monoisotopic (exact) mass is 347 g/mol. The van der Waals surface area contributed by atoms with Crippen molar-refractivity contribution in [1.82, 2.24) is 9.88 Å². The normalized spacial score (nSPS) is 14.6. The minimum absolute atomic E-state index is 0.0297. The molecule has 0 saturated heterocycles. The van der Waals surface area contributed by atoms with Crippen molar-refractivity contribution in [1.29, 1.82) is 0 Å². The van der Waals surface area contributed by atoms with Crippen molar-refractivity contribution in [3.63, 3.8) is 0 Å². The zero-order chi connectivity index (χ0) is 18.0. The number of nitrogens with zero attached hydrogens (tertiary/aromatic N) is 1. The van der Waals surface area contributed by atoms with Gasteiger partial charge in [0.15, 0.2) is 0 Å². The van der Waals surface area contributed by atoms with Gasteiger partial charge in [-0.05, 0) is 37.1 Å². The summed E-state index contributed by atoms with van der Waals surface area (Å²) in [6.07, 6.45) is 4.96. The molecule has 1 saturated carbocycles. The van der Waals surface area contributed by atoms with E-state index >= 15 is 0 Å². The summed E-state index contributed by atoms with van der Waals surface area (Å²) in [7, 11) is 0. The molecule has 1 heterocycles. The molecule has 0 radical (unpaired) electrons. The molecule has 0 spiro atoms. The van der Waals surface area contributed by atoms with Gasteiger partial charge in [0.2, 0.25) is 5.91 Å². The van der Waals surface area contributed by atoms with Crippen molar-refractivity contribution in [2.45, 2.75) is 38.3 Å². The van der Waals surface area contributed by atoms with E-state index in [4.69, 9.17) is 5.73 Å². The molecular formula is C18H19F2N3O2. The van der Waals surface area contributed by atoms with Gasteiger partial charge in [0.25, 0.3) is 5.91 Å². The van der Waals surface area contributed by atoms with Crippen LogP contribution < -0.4 is 5.73 Å². The van der Waals surface area contributed by atoms with Gasteiger partial charge in [-0.1, -0.05) is 12.8 Å². The summed E-state index contributed by atoms with van der Waals surface area (Å²) in [4.78, 5) is 28.4. The fourth-order valence-corrected chi connectivity index (χ4v) is 3.25. The molecule has 2 amide bonds. The first-order valence-electron chi connectivity index (χ1n) is 8.19.